The van der Waals surface area contributed by atoms with E-state index < -0.39 is 0 Å². The molecule has 0 aliphatic carbocycles. The molecule has 3 amide bonds. The van der Waals surface area contributed by atoms with E-state index in [2.05, 4.69) is 54.8 Å². The van der Waals surface area contributed by atoms with Crippen LogP contribution in [0.4, 0.5) is 10.5 Å². The van der Waals surface area contributed by atoms with Crippen LogP contribution in [0.2, 0.25) is 0 Å². The minimum absolute atomic E-state index is 0.187. The molecule has 0 aliphatic heterocycles. The van der Waals surface area contributed by atoms with Gasteiger partial charge in [0, 0.05) is 42.6 Å². The van der Waals surface area contributed by atoms with Crippen molar-refractivity contribution in [3.8, 4) is 0 Å². The second-order valence-electron chi connectivity index (χ2n) is 7.50. The molecule has 2 heterocycles. The number of fused-ring (bicyclic) bond motifs is 1. The standard InChI is InChI=1S/C24H26N6O2/c1-25-23(31)21-15-18-14-19(9-10-20(18)29-21)28-24(32)27-16-22-26-11-13-30(22)12-5-8-17-6-3-2-4-7-17/h2-4,6-7,9-11,13-15,29H,5,8,12,16H2,1H3,(H,25,31)(H2,27,28,32). The van der Waals surface area contributed by atoms with Crippen LogP contribution >= 0.6 is 0 Å². The van der Waals surface area contributed by atoms with Gasteiger partial charge in [-0.25, -0.2) is 9.78 Å². The molecule has 8 heteroatoms. The summed E-state index contributed by atoms with van der Waals surface area (Å²) in [5, 5.41) is 9.12. The van der Waals surface area contributed by atoms with Crippen molar-refractivity contribution in [1.29, 1.82) is 0 Å². The van der Waals surface area contributed by atoms with E-state index in [0.717, 1.165) is 36.1 Å². The SMILES string of the molecule is CNC(=O)c1cc2cc(NC(=O)NCc3nccn3CCCc3ccccc3)ccc2[nH]1. The highest BCUT2D eigenvalue weighted by Gasteiger charge is 2.10. The van der Waals surface area contributed by atoms with Crippen LogP contribution in [-0.2, 0) is 19.5 Å². The van der Waals surface area contributed by atoms with Gasteiger partial charge in [0.2, 0.25) is 0 Å². The van der Waals surface area contributed by atoms with Crippen molar-refractivity contribution >= 4 is 28.5 Å². The van der Waals surface area contributed by atoms with E-state index in [1.165, 1.54) is 5.56 Å². The first-order valence-corrected chi connectivity index (χ1v) is 10.6. The third kappa shape index (κ3) is 5.15. The first-order valence-electron chi connectivity index (χ1n) is 10.6. The van der Waals surface area contributed by atoms with Crippen LogP contribution in [0.1, 0.15) is 28.3 Å². The monoisotopic (exact) mass is 430 g/mol. The number of amides is 3. The highest BCUT2D eigenvalue weighted by atomic mass is 16.2. The molecule has 0 saturated carbocycles. The van der Waals surface area contributed by atoms with Gasteiger partial charge >= 0.3 is 6.03 Å². The van der Waals surface area contributed by atoms with Crippen LogP contribution in [0.5, 0.6) is 0 Å². The number of aromatic amines is 1. The molecule has 164 valence electrons. The van der Waals surface area contributed by atoms with Gasteiger partial charge in [-0.15, -0.1) is 0 Å². The Kier molecular flexibility index (Phi) is 6.50. The predicted octanol–water partition coefficient (Wildman–Crippen LogP) is 3.68. The smallest absolute Gasteiger partial charge is 0.319 e. The number of aryl methyl sites for hydroxylation is 2. The zero-order chi connectivity index (χ0) is 22.3. The molecule has 0 spiro atoms. The number of rotatable bonds is 8. The lowest BCUT2D eigenvalue weighted by atomic mass is 10.1. The predicted molar refractivity (Wildman–Crippen MR) is 125 cm³/mol. The number of nitrogens with zero attached hydrogens (tertiary/aromatic N) is 2. The van der Waals surface area contributed by atoms with E-state index in [9.17, 15) is 9.59 Å². The Morgan fingerprint density at radius 3 is 2.75 bits per heavy atom. The van der Waals surface area contributed by atoms with Crippen LogP contribution in [-0.4, -0.2) is 33.5 Å². The number of carbonyl (C=O) groups excluding carboxylic acids is 2. The summed E-state index contributed by atoms with van der Waals surface area (Å²) in [5.74, 6) is 0.622. The second kappa shape index (κ2) is 9.82. The molecule has 0 fully saturated rings. The van der Waals surface area contributed by atoms with Gasteiger partial charge in [0.1, 0.15) is 11.5 Å². The number of hydrogen-bond acceptors (Lipinski definition) is 3. The van der Waals surface area contributed by atoms with E-state index >= 15 is 0 Å². The topological polar surface area (TPSA) is 104 Å². The van der Waals surface area contributed by atoms with Gasteiger partial charge in [-0.1, -0.05) is 30.3 Å². The number of benzene rings is 2. The van der Waals surface area contributed by atoms with E-state index in [-0.39, 0.29) is 11.9 Å². The van der Waals surface area contributed by atoms with Crippen molar-refractivity contribution in [2.24, 2.45) is 0 Å². The zero-order valence-electron chi connectivity index (χ0n) is 17.9. The number of carbonyl (C=O) groups is 2. The first-order chi connectivity index (χ1) is 15.6. The number of anilines is 1. The zero-order valence-corrected chi connectivity index (χ0v) is 17.9. The minimum atomic E-state index is -0.315. The molecule has 0 bridgehead atoms. The number of H-pyrrole nitrogens is 1. The molecular weight excluding hydrogens is 404 g/mol. The quantitative estimate of drug-likeness (QED) is 0.343. The van der Waals surface area contributed by atoms with Crippen molar-refractivity contribution < 1.29 is 9.59 Å². The van der Waals surface area contributed by atoms with Crippen LogP contribution in [0.3, 0.4) is 0 Å². The van der Waals surface area contributed by atoms with Gasteiger partial charge in [0.25, 0.3) is 5.91 Å². The second-order valence-corrected chi connectivity index (χ2v) is 7.50. The van der Waals surface area contributed by atoms with Crippen molar-refractivity contribution in [3.63, 3.8) is 0 Å². The fourth-order valence-electron chi connectivity index (χ4n) is 3.61. The third-order valence-corrected chi connectivity index (χ3v) is 5.27. The molecule has 2 aromatic carbocycles. The summed E-state index contributed by atoms with van der Waals surface area (Å²) in [4.78, 5) is 31.6. The van der Waals surface area contributed by atoms with Crippen molar-refractivity contribution in [3.05, 3.63) is 84.1 Å². The molecule has 8 nitrogen and oxygen atoms in total. The summed E-state index contributed by atoms with van der Waals surface area (Å²) >= 11 is 0. The molecule has 0 saturated heterocycles. The summed E-state index contributed by atoms with van der Waals surface area (Å²) in [6, 6.07) is 17.3. The van der Waals surface area contributed by atoms with E-state index in [1.54, 1.807) is 25.4 Å². The van der Waals surface area contributed by atoms with E-state index in [0.29, 0.717) is 17.9 Å². The normalized spacial score (nSPS) is 10.8. The van der Waals surface area contributed by atoms with Crippen LogP contribution in [0, 0.1) is 0 Å². The molecule has 4 aromatic rings. The van der Waals surface area contributed by atoms with Gasteiger partial charge in [-0.3, -0.25) is 4.79 Å². The van der Waals surface area contributed by atoms with Gasteiger partial charge in [0.15, 0.2) is 0 Å². The average molecular weight is 431 g/mol. The van der Waals surface area contributed by atoms with Gasteiger partial charge in [0.05, 0.1) is 6.54 Å². The summed E-state index contributed by atoms with van der Waals surface area (Å²) in [6.45, 7) is 1.17. The fourth-order valence-corrected chi connectivity index (χ4v) is 3.61. The molecular formula is C24H26N6O2. The molecule has 0 unspecified atom stereocenters. The Morgan fingerprint density at radius 1 is 1.09 bits per heavy atom. The molecule has 2 aromatic heterocycles. The molecule has 0 aliphatic rings. The molecule has 0 atom stereocenters. The number of aromatic nitrogens is 3. The summed E-state index contributed by atoms with van der Waals surface area (Å²) in [7, 11) is 1.58. The van der Waals surface area contributed by atoms with Crippen molar-refractivity contribution in [2.75, 3.05) is 12.4 Å². The molecule has 4 rings (SSSR count). The maximum absolute atomic E-state index is 12.4. The molecule has 4 N–H and O–H groups in total. The molecule has 0 radical (unpaired) electrons. The maximum atomic E-state index is 12.4. The van der Waals surface area contributed by atoms with Crippen molar-refractivity contribution in [2.45, 2.75) is 25.9 Å². The number of hydrogen-bond donors (Lipinski definition) is 4. The lowest BCUT2D eigenvalue weighted by Crippen LogP contribution is -2.29. The van der Waals surface area contributed by atoms with Crippen LogP contribution in [0.15, 0.2) is 67.0 Å². The number of imidazole rings is 1. The minimum Gasteiger partial charge on any atom is -0.354 e. The van der Waals surface area contributed by atoms with Crippen molar-refractivity contribution in [1.82, 2.24) is 25.2 Å². The van der Waals surface area contributed by atoms with Gasteiger partial charge in [-0.05, 0) is 42.7 Å². The third-order valence-electron chi connectivity index (χ3n) is 5.27. The maximum Gasteiger partial charge on any atom is 0.319 e. The van der Waals surface area contributed by atoms with Gasteiger partial charge < -0.3 is 25.5 Å². The van der Waals surface area contributed by atoms with Crippen LogP contribution in [0.25, 0.3) is 10.9 Å². The van der Waals surface area contributed by atoms with E-state index in [1.807, 2.05) is 24.4 Å². The summed E-state index contributed by atoms with van der Waals surface area (Å²) < 4.78 is 2.06. The highest BCUT2D eigenvalue weighted by molar-refractivity contribution is 5.99. The number of urea groups is 1. The Hall–Kier alpha value is -4.07. The van der Waals surface area contributed by atoms with E-state index in [4.69, 9.17) is 0 Å². The fraction of sp³-hybridized carbons (Fsp3) is 0.208. The Balaban J connectivity index is 1.29. The number of nitrogens with one attached hydrogen (secondary N) is 4. The highest BCUT2D eigenvalue weighted by Crippen LogP contribution is 2.20. The Morgan fingerprint density at radius 2 is 1.94 bits per heavy atom. The Bertz CT molecular complexity index is 1210. The Labute approximate surface area is 186 Å². The first kappa shape index (κ1) is 21.2. The lowest BCUT2D eigenvalue weighted by molar-refractivity contribution is 0.0959. The van der Waals surface area contributed by atoms with Crippen LogP contribution < -0.4 is 16.0 Å². The summed E-state index contributed by atoms with van der Waals surface area (Å²) in [5.41, 5.74) is 3.26. The molecule has 32 heavy (non-hydrogen) atoms. The summed E-state index contributed by atoms with van der Waals surface area (Å²) in [6.07, 6.45) is 5.68. The lowest BCUT2D eigenvalue weighted by Gasteiger charge is -2.10. The average Bonchev–Trinajstić information content (AvgIpc) is 3.44. The van der Waals surface area contributed by atoms with Gasteiger partial charge in [-0.2, -0.15) is 0 Å². The largest absolute Gasteiger partial charge is 0.354 e.